The van der Waals surface area contributed by atoms with Crippen molar-refractivity contribution in [3.05, 3.63) is 35.9 Å². The molecule has 1 atom stereocenters. The van der Waals surface area contributed by atoms with Crippen molar-refractivity contribution in [1.82, 2.24) is 4.90 Å². The predicted molar refractivity (Wildman–Crippen MR) is 80.8 cm³/mol. The van der Waals surface area contributed by atoms with Crippen molar-refractivity contribution < 1.29 is 9.90 Å². The van der Waals surface area contributed by atoms with E-state index in [1.807, 2.05) is 18.2 Å². The maximum atomic E-state index is 11.1. The Morgan fingerprint density at radius 3 is 2.35 bits per heavy atom. The van der Waals surface area contributed by atoms with E-state index in [4.69, 9.17) is 5.11 Å². The SMILES string of the molecule is O=C(O)CC(CCc1ccccc1)N1CCCCCC1. The third-order valence-electron chi connectivity index (χ3n) is 4.18. The minimum Gasteiger partial charge on any atom is -0.481 e. The number of carboxylic acid groups (broad SMARTS) is 1. The van der Waals surface area contributed by atoms with Crippen LogP contribution in [0.15, 0.2) is 30.3 Å². The van der Waals surface area contributed by atoms with E-state index in [0.717, 1.165) is 25.9 Å². The second-order valence-electron chi connectivity index (χ2n) is 5.73. The van der Waals surface area contributed by atoms with Gasteiger partial charge in [-0.15, -0.1) is 0 Å². The van der Waals surface area contributed by atoms with E-state index >= 15 is 0 Å². The molecule has 0 saturated carbocycles. The van der Waals surface area contributed by atoms with Gasteiger partial charge in [-0.05, 0) is 44.3 Å². The topological polar surface area (TPSA) is 40.5 Å². The van der Waals surface area contributed by atoms with Crippen LogP contribution in [-0.4, -0.2) is 35.1 Å². The number of rotatable bonds is 6. The molecule has 0 radical (unpaired) electrons. The van der Waals surface area contributed by atoms with Crippen LogP contribution in [-0.2, 0) is 11.2 Å². The first kappa shape index (κ1) is 15.0. The lowest BCUT2D eigenvalue weighted by molar-refractivity contribution is -0.138. The van der Waals surface area contributed by atoms with Crippen molar-refractivity contribution in [2.24, 2.45) is 0 Å². The Morgan fingerprint density at radius 2 is 1.75 bits per heavy atom. The normalized spacial score (nSPS) is 18.4. The third-order valence-corrected chi connectivity index (χ3v) is 4.18. The van der Waals surface area contributed by atoms with Crippen molar-refractivity contribution in [3.63, 3.8) is 0 Å². The summed E-state index contributed by atoms with van der Waals surface area (Å²) in [5, 5.41) is 9.16. The molecule has 1 unspecified atom stereocenters. The molecule has 1 heterocycles. The van der Waals surface area contributed by atoms with Gasteiger partial charge in [0.25, 0.3) is 0 Å². The van der Waals surface area contributed by atoms with E-state index in [0.29, 0.717) is 0 Å². The zero-order valence-corrected chi connectivity index (χ0v) is 12.1. The molecule has 2 rings (SSSR count). The molecule has 0 aliphatic carbocycles. The van der Waals surface area contributed by atoms with E-state index < -0.39 is 5.97 Å². The fourth-order valence-electron chi connectivity index (χ4n) is 3.05. The van der Waals surface area contributed by atoms with Gasteiger partial charge in [0, 0.05) is 6.04 Å². The molecule has 0 bridgehead atoms. The molecule has 0 spiro atoms. The summed E-state index contributed by atoms with van der Waals surface area (Å²) >= 11 is 0. The Balaban J connectivity index is 1.93. The molecule has 1 saturated heterocycles. The average molecular weight is 275 g/mol. The smallest absolute Gasteiger partial charge is 0.304 e. The first-order chi connectivity index (χ1) is 9.75. The lowest BCUT2D eigenvalue weighted by atomic mass is 10.0. The van der Waals surface area contributed by atoms with Crippen LogP contribution in [0.4, 0.5) is 0 Å². The second kappa shape index (κ2) is 8.05. The van der Waals surface area contributed by atoms with Crippen LogP contribution in [0.5, 0.6) is 0 Å². The van der Waals surface area contributed by atoms with Gasteiger partial charge >= 0.3 is 5.97 Å². The van der Waals surface area contributed by atoms with Gasteiger partial charge < -0.3 is 5.11 Å². The molecule has 3 heteroatoms. The van der Waals surface area contributed by atoms with E-state index in [1.165, 1.54) is 31.2 Å². The number of aliphatic carboxylic acids is 1. The minimum absolute atomic E-state index is 0.186. The van der Waals surface area contributed by atoms with Gasteiger partial charge in [0.15, 0.2) is 0 Å². The number of hydrogen-bond acceptors (Lipinski definition) is 2. The monoisotopic (exact) mass is 275 g/mol. The number of nitrogens with zero attached hydrogens (tertiary/aromatic N) is 1. The van der Waals surface area contributed by atoms with Gasteiger partial charge in [-0.2, -0.15) is 0 Å². The van der Waals surface area contributed by atoms with E-state index in [2.05, 4.69) is 17.0 Å². The predicted octanol–water partition coefficient (Wildman–Crippen LogP) is 3.34. The highest BCUT2D eigenvalue weighted by Crippen LogP contribution is 2.18. The first-order valence-electron chi connectivity index (χ1n) is 7.75. The lowest BCUT2D eigenvalue weighted by Gasteiger charge is -2.29. The molecule has 1 aromatic rings. The molecule has 1 fully saturated rings. The van der Waals surface area contributed by atoms with E-state index in [9.17, 15) is 4.79 Å². The molecule has 1 aliphatic heterocycles. The molecular weight excluding hydrogens is 250 g/mol. The highest BCUT2D eigenvalue weighted by molar-refractivity contribution is 5.67. The third kappa shape index (κ3) is 4.97. The number of hydrogen-bond donors (Lipinski definition) is 1. The largest absolute Gasteiger partial charge is 0.481 e. The number of likely N-dealkylation sites (tertiary alicyclic amines) is 1. The summed E-state index contributed by atoms with van der Waals surface area (Å²) in [6.07, 6.45) is 7.17. The van der Waals surface area contributed by atoms with Crippen molar-refractivity contribution in [3.8, 4) is 0 Å². The highest BCUT2D eigenvalue weighted by Gasteiger charge is 2.22. The first-order valence-corrected chi connectivity index (χ1v) is 7.75. The Kier molecular flexibility index (Phi) is 6.06. The van der Waals surface area contributed by atoms with E-state index in [-0.39, 0.29) is 12.5 Å². The summed E-state index contributed by atoms with van der Waals surface area (Å²) in [6.45, 7) is 2.12. The van der Waals surface area contributed by atoms with Crippen LogP contribution >= 0.6 is 0 Å². The van der Waals surface area contributed by atoms with Crippen molar-refractivity contribution in [2.75, 3.05) is 13.1 Å². The van der Waals surface area contributed by atoms with Crippen LogP contribution in [0.2, 0.25) is 0 Å². The number of carboxylic acids is 1. The van der Waals surface area contributed by atoms with Crippen molar-refractivity contribution >= 4 is 5.97 Å². The van der Waals surface area contributed by atoms with Crippen LogP contribution in [0.3, 0.4) is 0 Å². The highest BCUT2D eigenvalue weighted by atomic mass is 16.4. The van der Waals surface area contributed by atoms with Crippen molar-refractivity contribution in [2.45, 2.75) is 51.0 Å². The molecule has 1 aliphatic rings. The number of benzene rings is 1. The minimum atomic E-state index is -0.674. The summed E-state index contributed by atoms with van der Waals surface area (Å²) in [5.41, 5.74) is 1.30. The van der Waals surface area contributed by atoms with Gasteiger partial charge in [-0.3, -0.25) is 9.69 Å². The summed E-state index contributed by atoms with van der Waals surface area (Å²) < 4.78 is 0. The van der Waals surface area contributed by atoms with Gasteiger partial charge in [0.05, 0.1) is 6.42 Å². The number of aryl methyl sites for hydroxylation is 1. The number of carbonyl (C=O) groups is 1. The molecule has 1 N–H and O–H groups in total. The Hall–Kier alpha value is -1.35. The summed E-state index contributed by atoms with van der Waals surface area (Å²) in [5.74, 6) is -0.674. The van der Waals surface area contributed by atoms with Crippen LogP contribution in [0.1, 0.15) is 44.1 Å². The summed E-state index contributed by atoms with van der Waals surface area (Å²) in [4.78, 5) is 13.5. The summed E-state index contributed by atoms with van der Waals surface area (Å²) in [6, 6.07) is 10.6. The fourth-order valence-corrected chi connectivity index (χ4v) is 3.05. The molecule has 3 nitrogen and oxygen atoms in total. The Bertz CT molecular complexity index is 397. The molecule has 20 heavy (non-hydrogen) atoms. The van der Waals surface area contributed by atoms with Crippen LogP contribution < -0.4 is 0 Å². The van der Waals surface area contributed by atoms with Crippen molar-refractivity contribution in [1.29, 1.82) is 0 Å². The lowest BCUT2D eigenvalue weighted by Crippen LogP contribution is -2.38. The quantitative estimate of drug-likeness (QED) is 0.865. The van der Waals surface area contributed by atoms with E-state index in [1.54, 1.807) is 0 Å². The second-order valence-corrected chi connectivity index (χ2v) is 5.73. The van der Waals surface area contributed by atoms with Crippen LogP contribution in [0, 0.1) is 0 Å². The molecular formula is C17H25NO2. The molecule has 110 valence electrons. The summed E-state index contributed by atoms with van der Waals surface area (Å²) in [7, 11) is 0. The maximum Gasteiger partial charge on any atom is 0.304 e. The maximum absolute atomic E-state index is 11.1. The van der Waals surface area contributed by atoms with Gasteiger partial charge in [0.1, 0.15) is 0 Å². The van der Waals surface area contributed by atoms with Crippen LogP contribution in [0.25, 0.3) is 0 Å². The molecule has 0 aromatic heterocycles. The van der Waals surface area contributed by atoms with Gasteiger partial charge in [0.2, 0.25) is 0 Å². The average Bonchev–Trinajstić information content (AvgIpc) is 2.73. The van der Waals surface area contributed by atoms with Gasteiger partial charge in [-0.25, -0.2) is 0 Å². The standard InChI is InChI=1S/C17H25NO2/c19-17(20)14-16(18-12-6-1-2-7-13-18)11-10-15-8-4-3-5-9-15/h3-5,8-9,16H,1-2,6-7,10-14H2,(H,19,20). The Morgan fingerprint density at radius 1 is 1.10 bits per heavy atom. The van der Waals surface area contributed by atoms with Gasteiger partial charge in [-0.1, -0.05) is 43.2 Å². The molecule has 1 aromatic carbocycles. The Labute approximate surface area is 121 Å². The molecule has 0 amide bonds. The zero-order chi connectivity index (χ0) is 14.2. The fraction of sp³-hybridized carbons (Fsp3) is 0.588. The zero-order valence-electron chi connectivity index (χ0n) is 12.1.